The molecule has 0 spiro atoms. The molecule has 0 aliphatic heterocycles. The van der Waals surface area contributed by atoms with Gasteiger partial charge in [0.1, 0.15) is 24.0 Å². The lowest BCUT2D eigenvalue weighted by molar-refractivity contribution is 0.0945. The molecule has 0 radical (unpaired) electrons. The van der Waals surface area contributed by atoms with Gasteiger partial charge in [0.2, 0.25) is 0 Å². The van der Waals surface area contributed by atoms with Gasteiger partial charge in [0.05, 0.1) is 29.7 Å². The van der Waals surface area contributed by atoms with Crippen LogP contribution in [0.15, 0.2) is 72.8 Å². The number of ether oxygens (including phenoxy) is 1. The number of fused-ring (bicyclic) bond motifs is 1. The Hall–Kier alpha value is -3.67. The van der Waals surface area contributed by atoms with E-state index in [4.69, 9.17) is 4.74 Å². The number of nitrogens with zero attached hydrogens (tertiary/aromatic N) is 2. The average molecular weight is 432 g/mol. The van der Waals surface area contributed by atoms with Crippen molar-refractivity contribution in [2.75, 3.05) is 6.61 Å². The van der Waals surface area contributed by atoms with Crippen LogP contribution >= 0.6 is 0 Å². The number of hydrogen-bond acceptors (Lipinski definition) is 3. The van der Waals surface area contributed by atoms with Crippen LogP contribution in [0.2, 0.25) is 0 Å². The molecule has 1 heterocycles. The minimum absolute atomic E-state index is 0.0174. The van der Waals surface area contributed by atoms with Crippen molar-refractivity contribution in [3.05, 3.63) is 95.6 Å². The molecule has 164 valence electrons. The summed E-state index contributed by atoms with van der Waals surface area (Å²) in [6, 6.07) is 21.8. The maximum Gasteiger partial charge on any atom is 0.254 e. The molecule has 0 aliphatic carbocycles. The van der Waals surface area contributed by atoms with E-state index in [-0.39, 0.29) is 12.1 Å². The Morgan fingerprint density at radius 2 is 1.75 bits per heavy atom. The lowest BCUT2D eigenvalue weighted by Crippen LogP contribution is -2.26. The van der Waals surface area contributed by atoms with Crippen LogP contribution in [-0.2, 0) is 13.1 Å². The van der Waals surface area contributed by atoms with E-state index in [9.17, 15) is 9.18 Å². The van der Waals surface area contributed by atoms with E-state index in [0.29, 0.717) is 24.9 Å². The Bertz CT molecular complexity index is 1230. The van der Waals surface area contributed by atoms with Crippen molar-refractivity contribution >= 4 is 16.9 Å². The first-order valence-electron chi connectivity index (χ1n) is 10.7. The number of para-hydroxylation sites is 3. The van der Waals surface area contributed by atoms with E-state index in [1.807, 2.05) is 47.0 Å². The number of imidazole rings is 1. The highest BCUT2D eigenvalue weighted by Gasteiger charge is 2.15. The van der Waals surface area contributed by atoms with E-state index in [2.05, 4.69) is 30.2 Å². The highest BCUT2D eigenvalue weighted by Crippen LogP contribution is 2.26. The molecule has 32 heavy (non-hydrogen) atoms. The van der Waals surface area contributed by atoms with Crippen molar-refractivity contribution in [3.63, 3.8) is 0 Å². The molecule has 0 aliphatic rings. The Morgan fingerprint density at radius 1 is 1.03 bits per heavy atom. The second-order valence-corrected chi connectivity index (χ2v) is 7.87. The van der Waals surface area contributed by atoms with E-state index in [1.54, 1.807) is 12.1 Å². The number of carbonyl (C=O) groups is 1. The SMILES string of the molecule is CC(C)c1ccccc1OCCn1c(CNC(=O)c2ccccc2F)nc2ccccc21. The smallest absolute Gasteiger partial charge is 0.254 e. The molecule has 1 aromatic heterocycles. The van der Waals surface area contributed by atoms with Gasteiger partial charge in [-0.15, -0.1) is 0 Å². The number of rotatable bonds is 8. The summed E-state index contributed by atoms with van der Waals surface area (Å²) in [5.41, 5.74) is 2.98. The molecule has 0 saturated carbocycles. The van der Waals surface area contributed by atoms with Crippen molar-refractivity contribution in [2.45, 2.75) is 32.9 Å². The largest absolute Gasteiger partial charge is 0.491 e. The molecule has 0 saturated heterocycles. The topological polar surface area (TPSA) is 56.1 Å². The summed E-state index contributed by atoms with van der Waals surface area (Å²) in [6.07, 6.45) is 0. The zero-order valence-electron chi connectivity index (χ0n) is 18.2. The van der Waals surface area contributed by atoms with Crippen LogP contribution in [0.3, 0.4) is 0 Å². The summed E-state index contributed by atoms with van der Waals surface area (Å²) in [5.74, 6) is 0.918. The van der Waals surface area contributed by atoms with Crippen LogP contribution in [0.1, 0.15) is 41.5 Å². The van der Waals surface area contributed by atoms with Gasteiger partial charge in [0.25, 0.3) is 5.91 Å². The first kappa shape index (κ1) is 21.6. The van der Waals surface area contributed by atoms with Gasteiger partial charge in [0.15, 0.2) is 0 Å². The molecular weight excluding hydrogens is 405 g/mol. The molecule has 4 aromatic rings. The number of halogens is 1. The predicted octanol–water partition coefficient (Wildman–Crippen LogP) is 5.31. The van der Waals surface area contributed by atoms with E-state index in [0.717, 1.165) is 16.8 Å². The third-order valence-corrected chi connectivity index (χ3v) is 5.37. The summed E-state index contributed by atoms with van der Waals surface area (Å²) in [7, 11) is 0. The van der Waals surface area contributed by atoms with Gasteiger partial charge in [-0.1, -0.05) is 56.3 Å². The van der Waals surface area contributed by atoms with Crippen LogP contribution in [0.25, 0.3) is 11.0 Å². The molecule has 6 heteroatoms. The van der Waals surface area contributed by atoms with Crippen LogP contribution < -0.4 is 10.1 Å². The quantitative estimate of drug-likeness (QED) is 0.411. The fourth-order valence-corrected chi connectivity index (χ4v) is 3.75. The number of benzene rings is 3. The molecule has 3 aromatic carbocycles. The van der Waals surface area contributed by atoms with Gasteiger partial charge in [-0.25, -0.2) is 9.37 Å². The van der Waals surface area contributed by atoms with Crippen LogP contribution in [0.4, 0.5) is 4.39 Å². The highest BCUT2D eigenvalue weighted by atomic mass is 19.1. The van der Waals surface area contributed by atoms with Crippen molar-refractivity contribution in [1.82, 2.24) is 14.9 Å². The zero-order valence-corrected chi connectivity index (χ0v) is 18.2. The van der Waals surface area contributed by atoms with E-state index < -0.39 is 11.7 Å². The third kappa shape index (κ3) is 4.64. The van der Waals surface area contributed by atoms with Gasteiger partial charge in [-0.2, -0.15) is 0 Å². The maximum atomic E-state index is 13.9. The number of hydrogen-bond donors (Lipinski definition) is 1. The van der Waals surface area contributed by atoms with Crippen LogP contribution in [-0.4, -0.2) is 22.1 Å². The third-order valence-electron chi connectivity index (χ3n) is 5.37. The van der Waals surface area contributed by atoms with E-state index >= 15 is 0 Å². The van der Waals surface area contributed by atoms with Gasteiger partial charge in [-0.05, 0) is 41.8 Å². The molecule has 5 nitrogen and oxygen atoms in total. The first-order chi connectivity index (χ1) is 15.5. The molecule has 0 bridgehead atoms. The highest BCUT2D eigenvalue weighted by molar-refractivity contribution is 5.94. The molecule has 1 amide bonds. The normalized spacial score (nSPS) is 11.1. The average Bonchev–Trinajstić information content (AvgIpc) is 3.15. The fraction of sp³-hybridized carbons (Fsp3) is 0.231. The van der Waals surface area contributed by atoms with Gasteiger partial charge in [-0.3, -0.25) is 4.79 Å². The minimum atomic E-state index is -0.546. The van der Waals surface area contributed by atoms with Gasteiger partial charge >= 0.3 is 0 Å². The number of aromatic nitrogens is 2. The molecule has 1 N–H and O–H groups in total. The van der Waals surface area contributed by atoms with Crippen molar-refractivity contribution in [3.8, 4) is 5.75 Å². The first-order valence-corrected chi connectivity index (χ1v) is 10.7. The monoisotopic (exact) mass is 431 g/mol. The van der Waals surface area contributed by atoms with E-state index in [1.165, 1.54) is 17.7 Å². The summed E-state index contributed by atoms with van der Waals surface area (Å²) < 4.78 is 22.1. The number of nitrogens with one attached hydrogen (secondary N) is 1. The summed E-state index contributed by atoms with van der Waals surface area (Å²) in [6.45, 7) is 5.49. The molecular formula is C26H26FN3O2. The van der Waals surface area contributed by atoms with Crippen LogP contribution in [0, 0.1) is 5.82 Å². The Kier molecular flexibility index (Phi) is 6.50. The Balaban J connectivity index is 1.51. The second-order valence-electron chi connectivity index (χ2n) is 7.87. The predicted molar refractivity (Wildman–Crippen MR) is 123 cm³/mol. The van der Waals surface area contributed by atoms with Crippen molar-refractivity contribution < 1.29 is 13.9 Å². The van der Waals surface area contributed by atoms with Gasteiger partial charge < -0.3 is 14.6 Å². The molecule has 0 unspecified atom stereocenters. The summed E-state index contributed by atoms with van der Waals surface area (Å²) in [4.78, 5) is 17.1. The standard InChI is InChI=1S/C26H26FN3O2/c1-18(2)19-9-4-8-14-24(19)32-16-15-30-23-13-7-6-12-22(23)29-25(30)17-28-26(31)20-10-3-5-11-21(20)27/h3-14,18H,15-17H2,1-2H3,(H,28,31). The van der Waals surface area contributed by atoms with Crippen LogP contribution in [0.5, 0.6) is 5.75 Å². The maximum absolute atomic E-state index is 13.9. The summed E-state index contributed by atoms with van der Waals surface area (Å²) >= 11 is 0. The number of carbonyl (C=O) groups excluding carboxylic acids is 1. The van der Waals surface area contributed by atoms with Gasteiger partial charge in [0, 0.05) is 0 Å². The molecule has 4 rings (SSSR count). The molecule has 0 atom stereocenters. The lowest BCUT2D eigenvalue weighted by atomic mass is 10.0. The zero-order chi connectivity index (χ0) is 22.5. The summed E-state index contributed by atoms with van der Waals surface area (Å²) in [5, 5.41) is 2.79. The number of amides is 1. The Labute approximate surface area is 186 Å². The second kappa shape index (κ2) is 9.64. The lowest BCUT2D eigenvalue weighted by Gasteiger charge is -2.15. The fourth-order valence-electron chi connectivity index (χ4n) is 3.75. The minimum Gasteiger partial charge on any atom is -0.491 e. The van der Waals surface area contributed by atoms with Crippen molar-refractivity contribution in [1.29, 1.82) is 0 Å². The van der Waals surface area contributed by atoms with Crippen molar-refractivity contribution in [2.24, 2.45) is 0 Å². The molecule has 0 fully saturated rings. The Morgan fingerprint density at radius 3 is 2.56 bits per heavy atom.